The number of thiophene rings is 1. The molecule has 2 aromatic heterocycles. The van der Waals surface area contributed by atoms with Crippen LogP contribution in [0, 0.1) is 0 Å². The quantitative estimate of drug-likeness (QED) is 0.456. The van der Waals surface area contributed by atoms with Crippen LogP contribution in [0.1, 0.15) is 10.9 Å². The van der Waals surface area contributed by atoms with Crippen LogP contribution in [-0.4, -0.2) is 48.8 Å². The molecule has 2 N–H and O–H groups in total. The number of amides is 1. The molecule has 2 aromatic carbocycles. The molecule has 0 spiro atoms. The monoisotopic (exact) mass is 488 g/mol. The highest BCUT2D eigenvalue weighted by atomic mass is 35.5. The first-order chi connectivity index (χ1) is 15.3. The standard InChI is InChI=1S/C21H17ClN4O4S2/c22-14-3-1-12-8-19(31-17(12)9-14)32(29,30)21(26-6-5-23-18(27)10-26)13-2-4-16-15(7-13)20(28)25-11-24-16/h1-4,7-9,11,21H,5-6,10H2,(H,23,27)(H,24,25,28). The van der Waals surface area contributed by atoms with Gasteiger partial charge in [0.25, 0.3) is 5.56 Å². The number of benzene rings is 2. The van der Waals surface area contributed by atoms with Crippen molar-refractivity contribution in [3.63, 3.8) is 0 Å². The number of halogens is 1. The van der Waals surface area contributed by atoms with Crippen molar-refractivity contribution in [1.82, 2.24) is 20.2 Å². The van der Waals surface area contributed by atoms with Gasteiger partial charge in [-0.05, 0) is 41.3 Å². The lowest BCUT2D eigenvalue weighted by Gasteiger charge is -2.33. The smallest absolute Gasteiger partial charge is 0.258 e. The third kappa shape index (κ3) is 3.69. The summed E-state index contributed by atoms with van der Waals surface area (Å²) < 4.78 is 28.8. The van der Waals surface area contributed by atoms with Crippen molar-refractivity contribution in [1.29, 1.82) is 0 Å². The molecular formula is C21H17ClN4O4S2. The van der Waals surface area contributed by atoms with Crippen LogP contribution in [0.25, 0.3) is 21.0 Å². The number of fused-ring (bicyclic) bond motifs is 2. The molecule has 1 saturated heterocycles. The molecule has 1 aliphatic rings. The normalized spacial score (nSPS) is 16.3. The zero-order valence-corrected chi connectivity index (χ0v) is 18.9. The molecule has 32 heavy (non-hydrogen) atoms. The van der Waals surface area contributed by atoms with E-state index in [9.17, 15) is 18.0 Å². The highest BCUT2D eigenvalue weighted by Crippen LogP contribution is 2.39. The van der Waals surface area contributed by atoms with Crippen molar-refractivity contribution in [3.8, 4) is 0 Å². The number of nitrogens with zero attached hydrogens (tertiary/aromatic N) is 2. The van der Waals surface area contributed by atoms with Crippen molar-refractivity contribution in [2.24, 2.45) is 0 Å². The summed E-state index contributed by atoms with van der Waals surface area (Å²) in [7, 11) is -3.94. The Morgan fingerprint density at radius 2 is 1.97 bits per heavy atom. The summed E-state index contributed by atoms with van der Waals surface area (Å²) in [6.45, 7) is 0.623. The predicted octanol–water partition coefficient (Wildman–Crippen LogP) is 2.70. The molecule has 0 bridgehead atoms. The van der Waals surface area contributed by atoms with Crippen molar-refractivity contribution >= 4 is 59.7 Å². The predicted molar refractivity (Wildman–Crippen MR) is 124 cm³/mol. The zero-order chi connectivity index (χ0) is 22.5. The summed E-state index contributed by atoms with van der Waals surface area (Å²) in [5.41, 5.74) is 0.503. The number of aromatic amines is 1. The van der Waals surface area contributed by atoms with Gasteiger partial charge in [0.2, 0.25) is 15.7 Å². The number of hydrogen-bond acceptors (Lipinski definition) is 7. The van der Waals surface area contributed by atoms with E-state index in [1.165, 1.54) is 6.33 Å². The summed E-state index contributed by atoms with van der Waals surface area (Å²) in [6.07, 6.45) is 1.30. The Hall–Kier alpha value is -2.79. The van der Waals surface area contributed by atoms with Gasteiger partial charge in [-0.15, -0.1) is 11.3 Å². The third-order valence-electron chi connectivity index (χ3n) is 5.38. The van der Waals surface area contributed by atoms with Crippen LogP contribution in [0.3, 0.4) is 0 Å². The average Bonchev–Trinajstić information content (AvgIpc) is 3.19. The highest BCUT2D eigenvalue weighted by Gasteiger charge is 2.38. The average molecular weight is 489 g/mol. The Kier molecular flexibility index (Phi) is 5.25. The van der Waals surface area contributed by atoms with Crippen LogP contribution < -0.4 is 10.9 Å². The second-order valence-corrected chi connectivity index (χ2v) is 11.2. The van der Waals surface area contributed by atoms with Gasteiger partial charge in [-0.2, -0.15) is 0 Å². The van der Waals surface area contributed by atoms with Crippen molar-refractivity contribution in [3.05, 3.63) is 69.7 Å². The second-order valence-electron chi connectivity index (χ2n) is 7.47. The third-order valence-corrected chi connectivity index (χ3v) is 9.29. The second kappa shape index (κ2) is 7.96. The van der Waals surface area contributed by atoms with Gasteiger partial charge in [0, 0.05) is 22.8 Å². The Morgan fingerprint density at radius 3 is 2.78 bits per heavy atom. The number of H-pyrrole nitrogens is 1. The Balaban J connectivity index is 1.69. The van der Waals surface area contributed by atoms with E-state index in [-0.39, 0.29) is 27.6 Å². The van der Waals surface area contributed by atoms with Gasteiger partial charge >= 0.3 is 0 Å². The molecule has 1 aliphatic heterocycles. The van der Waals surface area contributed by atoms with Crippen LogP contribution in [0.5, 0.6) is 0 Å². The Labute approximate surface area is 191 Å². The molecule has 164 valence electrons. The fourth-order valence-electron chi connectivity index (χ4n) is 3.92. The van der Waals surface area contributed by atoms with E-state index in [1.807, 2.05) is 0 Å². The van der Waals surface area contributed by atoms with Crippen LogP contribution in [-0.2, 0) is 14.6 Å². The van der Waals surface area contributed by atoms with Crippen molar-refractivity contribution in [2.45, 2.75) is 9.58 Å². The first-order valence-electron chi connectivity index (χ1n) is 9.74. The van der Waals surface area contributed by atoms with Crippen LogP contribution in [0.2, 0.25) is 5.02 Å². The summed E-state index contributed by atoms with van der Waals surface area (Å²) in [4.78, 5) is 32.7. The molecule has 3 heterocycles. The van der Waals surface area contributed by atoms with Gasteiger partial charge in [0.15, 0.2) is 0 Å². The maximum atomic E-state index is 13.9. The molecule has 5 rings (SSSR count). The molecule has 1 unspecified atom stereocenters. The summed E-state index contributed by atoms with van der Waals surface area (Å²) in [5.74, 6) is -0.250. The van der Waals surface area contributed by atoms with Crippen LogP contribution in [0.15, 0.2) is 57.8 Å². The number of rotatable bonds is 4. The maximum Gasteiger partial charge on any atom is 0.258 e. The van der Waals surface area contributed by atoms with E-state index in [0.29, 0.717) is 29.2 Å². The fraction of sp³-hybridized carbons (Fsp3) is 0.190. The molecule has 1 atom stereocenters. The molecule has 8 nitrogen and oxygen atoms in total. The number of hydrogen-bond donors (Lipinski definition) is 2. The minimum absolute atomic E-state index is 0.0674. The Morgan fingerprint density at radius 1 is 1.12 bits per heavy atom. The number of carbonyl (C=O) groups excluding carboxylic acids is 1. The van der Waals surface area contributed by atoms with Gasteiger partial charge in [-0.25, -0.2) is 13.4 Å². The molecule has 11 heteroatoms. The topological polar surface area (TPSA) is 112 Å². The number of nitrogens with one attached hydrogen (secondary N) is 2. The molecule has 1 fully saturated rings. The fourth-order valence-corrected chi connectivity index (χ4v) is 7.58. The van der Waals surface area contributed by atoms with E-state index in [4.69, 9.17) is 11.6 Å². The van der Waals surface area contributed by atoms with E-state index in [0.717, 1.165) is 21.4 Å². The lowest BCUT2D eigenvalue weighted by Crippen LogP contribution is -2.50. The molecule has 0 aliphatic carbocycles. The van der Waals surface area contributed by atoms with E-state index >= 15 is 0 Å². The van der Waals surface area contributed by atoms with Crippen LogP contribution in [0.4, 0.5) is 0 Å². The summed E-state index contributed by atoms with van der Waals surface area (Å²) >= 11 is 7.21. The zero-order valence-electron chi connectivity index (χ0n) is 16.5. The number of piperazine rings is 1. The SMILES string of the molecule is O=C1CN(C(c2ccc3nc[nH]c(=O)c3c2)S(=O)(=O)c2cc3ccc(Cl)cc3s2)CCN1. The van der Waals surface area contributed by atoms with Crippen LogP contribution >= 0.6 is 22.9 Å². The van der Waals surface area contributed by atoms with E-state index < -0.39 is 15.2 Å². The summed E-state index contributed by atoms with van der Waals surface area (Å²) in [5, 5.41) is 3.17. The molecule has 1 amide bonds. The first kappa shape index (κ1) is 21.1. The van der Waals surface area contributed by atoms with Gasteiger partial charge in [0.05, 0.1) is 23.8 Å². The van der Waals surface area contributed by atoms with Gasteiger partial charge in [0.1, 0.15) is 9.58 Å². The largest absolute Gasteiger partial charge is 0.354 e. The molecule has 0 saturated carbocycles. The molecular weight excluding hydrogens is 472 g/mol. The minimum atomic E-state index is -3.94. The number of aromatic nitrogens is 2. The summed E-state index contributed by atoms with van der Waals surface area (Å²) in [6, 6.07) is 11.6. The molecule has 0 radical (unpaired) electrons. The Bertz CT molecular complexity index is 1530. The highest BCUT2D eigenvalue weighted by molar-refractivity contribution is 7.93. The van der Waals surface area contributed by atoms with Gasteiger partial charge in [-0.3, -0.25) is 14.5 Å². The lowest BCUT2D eigenvalue weighted by molar-refractivity contribution is -0.124. The van der Waals surface area contributed by atoms with E-state index in [1.54, 1.807) is 47.4 Å². The number of carbonyl (C=O) groups is 1. The first-order valence-corrected chi connectivity index (χ1v) is 12.5. The lowest BCUT2D eigenvalue weighted by atomic mass is 10.1. The number of sulfone groups is 1. The molecule has 4 aromatic rings. The van der Waals surface area contributed by atoms with Gasteiger partial charge in [-0.1, -0.05) is 23.7 Å². The van der Waals surface area contributed by atoms with E-state index in [2.05, 4.69) is 15.3 Å². The van der Waals surface area contributed by atoms with Crippen molar-refractivity contribution in [2.75, 3.05) is 19.6 Å². The minimum Gasteiger partial charge on any atom is -0.354 e. The van der Waals surface area contributed by atoms with Gasteiger partial charge < -0.3 is 10.3 Å². The van der Waals surface area contributed by atoms with Crippen molar-refractivity contribution < 1.29 is 13.2 Å². The maximum absolute atomic E-state index is 13.9.